The van der Waals surface area contributed by atoms with Crippen molar-refractivity contribution in [2.24, 2.45) is 17.8 Å². The van der Waals surface area contributed by atoms with Gasteiger partial charge in [0.05, 0.1) is 11.8 Å². The standard InChI is InChI=1S/C21H18Cl2N2O6/c1-24-18(29)20(22)8-13-11(5-6-12-14(13)17(28)25(31)16(12)27)15(21(20,23)19(24)30)9-3-2-4-10(26)7-9/h2-5,7,12-15,26,31H,6,8H2,1H3. The number of hydrogen-bond donors (Lipinski definition) is 2. The third kappa shape index (κ3) is 2.30. The van der Waals surface area contributed by atoms with Gasteiger partial charge in [-0.3, -0.25) is 29.3 Å². The van der Waals surface area contributed by atoms with Crippen LogP contribution in [0.2, 0.25) is 0 Å². The Morgan fingerprint density at radius 1 is 1.06 bits per heavy atom. The average molecular weight is 465 g/mol. The van der Waals surface area contributed by atoms with Gasteiger partial charge in [-0.15, -0.1) is 23.2 Å². The van der Waals surface area contributed by atoms with Crippen LogP contribution in [0, 0.1) is 17.8 Å². The third-order valence-electron chi connectivity index (χ3n) is 7.19. The second-order valence-electron chi connectivity index (χ2n) is 8.58. The summed E-state index contributed by atoms with van der Waals surface area (Å²) in [7, 11) is 1.30. The van der Waals surface area contributed by atoms with Crippen molar-refractivity contribution >= 4 is 46.8 Å². The van der Waals surface area contributed by atoms with E-state index in [1.54, 1.807) is 18.2 Å². The number of carbonyl (C=O) groups excluding carboxylic acids is 4. The number of rotatable bonds is 1. The molecular formula is C21H18Cl2N2O6. The maximum atomic E-state index is 13.2. The first kappa shape index (κ1) is 20.5. The van der Waals surface area contributed by atoms with Gasteiger partial charge in [-0.25, -0.2) is 0 Å². The highest BCUT2D eigenvalue weighted by molar-refractivity contribution is 6.53. The van der Waals surface area contributed by atoms with Crippen molar-refractivity contribution < 1.29 is 29.5 Å². The number of benzene rings is 1. The molecule has 31 heavy (non-hydrogen) atoms. The van der Waals surface area contributed by atoms with Crippen LogP contribution in [0.25, 0.3) is 0 Å². The molecule has 0 radical (unpaired) electrons. The van der Waals surface area contributed by atoms with Gasteiger partial charge in [0.15, 0.2) is 9.75 Å². The number of aromatic hydroxyl groups is 1. The molecule has 2 saturated heterocycles. The molecule has 3 fully saturated rings. The first-order chi connectivity index (χ1) is 14.5. The first-order valence-electron chi connectivity index (χ1n) is 9.80. The van der Waals surface area contributed by atoms with Crippen LogP contribution in [0.3, 0.4) is 0 Å². The fraction of sp³-hybridized carbons (Fsp3) is 0.429. The summed E-state index contributed by atoms with van der Waals surface area (Å²) in [5.41, 5.74) is 1.06. The third-order valence-corrected chi connectivity index (χ3v) is 8.61. The molecule has 2 aliphatic carbocycles. The molecule has 4 aliphatic rings. The van der Waals surface area contributed by atoms with Crippen LogP contribution in [0.5, 0.6) is 5.75 Å². The SMILES string of the molecule is CN1C(=O)C2(Cl)CC3C(=CCC4C(=O)N(O)C(=O)C43)C(c3cccc(O)c3)C2(Cl)C1=O. The second-order valence-corrected chi connectivity index (χ2v) is 9.82. The minimum atomic E-state index is -1.88. The number of phenols is 1. The molecule has 2 heterocycles. The van der Waals surface area contributed by atoms with Crippen LogP contribution < -0.4 is 0 Å². The minimum Gasteiger partial charge on any atom is -0.508 e. The fourth-order valence-corrected chi connectivity index (χ4v) is 6.83. The number of fused-ring (bicyclic) bond motifs is 4. The van der Waals surface area contributed by atoms with Crippen molar-refractivity contribution in [3.05, 3.63) is 41.5 Å². The number of nitrogens with zero attached hydrogens (tertiary/aromatic N) is 2. The molecule has 6 atom stereocenters. The monoisotopic (exact) mass is 464 g/mol. The molecule has 0 spiro atoms. The lowest BCUT2D eigenvalue weighted by molar-refractivity contribution is -0.173. The normalized spacial score (nSPS) is 39.4. The molecule has 162 valence electrons. The zero-order valence-corrected chi connectivity index (χ0v) is 17.8. The van der Waals surface area contributed by atoms with Gasteiger partial charge in [-0.1, -0.05) is 23.8 Å². The maximum absolute atomic E-state index is 13.2. The Morgan fingerprint density at radius 3 is 2.45 bits per heavy atom. The molecule has 2 aliphatic heterocycles. The molecule has 2 N–H and O–H groups in total. The van der Waals surface area contributed by atoms with Gasteiger partial charge in [-0.2, -0.15) is 5.06 Å². The van der Waals surface area contributed by atoms with Crippen LogP contribution in [-0.2, 0) is 19.2 Å². The highest BCUT2D eigenvalue weighted by atomic mass is 35.5. The van der Waals surface area contributed by atoms with Gasteiger partial charge in [0.25, 0.3) is 23.6 Å². The Bertz CT molecular complexity index is 1110. The zero-order chi connectivity index (χ0) is 22.5. The number of phenolic OH excluding ortho intramolecular Hbond substituents is 1. The second kappa shape index (κ2) is 6.31. The van der Waals surface area contributed by atoms with Gasteiger partial charge >= 0.3 is 0 Å². The number of carbonyl (C=O) groups is 4. The van der Waals surface area contributed by atoms with E-state index in [1.165, 1.54) is 19.2 Å². The summed E-state index contributed by atoms with van der Waals surface area (Å²) in [4.78, 5) is 48.6. The molecule has 10 heteroatoms. The number of allylic oxidation sites excluding steroid dienone is 2. The largest absolute Gasteiger partial charge is 0.508 e. The van der Waals surface area contributed by atoms with Crippen molar-refractivity contribution in [3.8, 4) is 5.75 Å². The molecule has 1 aromatic carbocycles. The van der Waals surface area contributed by atoms with E-state index in [0.717, 1.165) is 4.90 Å². The number of amides is 4. The van der Waals surface area contributed by atoms with E-state index in [2.05, 4.69) is 0 Å². The highest BCUT2D eigenvalue weighted by Gasteiger charge is 2.75. The van der Waals surface area contributed by atoms with Crippen LogP contribution in [0.15, 0.2) is 35.9 Å². The Hall–Kier alpha value is -2.42. The van der Waals surface area contributed by atoms with Crippen molar-refractivity contribution in [1.29, 1.82) is 0 Å². The van der Waals surface area contributed by atoms with E-state index < -0.39 is 57.0 Å². The number of alkyl halides is 2. The molecule has 4 amide bonds. The topological polar surface area (TPSA) is 115 Å². The highest BCUT2D eigenvalue weighted by Crippen LogP contribution is 2.65. The number of hydroxylamine groups is 2. The van der Waals surface area contributed by atoms with E-state index in [9.17, 15) is 29.5 Å². The maximum Gasteiger partial charge on any atom is 0.257 e. The molecule has 1 aromatic rings. The van der Waals surface area contributed by atoms with E-state index >= 15 is 0 Å². The Labute approximate surface area is 187 Å². The van der Waals surface area contributed by atoms with E-state index in [-0.39, 0.29) is 23.7 Å². The van der Waals surface area contributed by atoms with Crippen LogP contribution in [-0.4, -0.2) is 60.7 Å². The van der Waals surface area contributed by atoms with Gasteiger partial charge in [0.1, 0.15) is 5.75 Å². The molecule has 8 nitrogen and oxygen atoms in total. The Balaban J connectivity index is 1.76. The molecule has 0 aromatic heterocycles. The van der Waals surface area contributed by atoms with Crippen molar-refractivity contribution in [2.45, 2.75) is 28.5 Å². The first-order valence-corrected chi connectivity index (χ1v) is 10.6. The number of halogens is 2. The Kier molecular flexibility index (Phi) is 4.17. The zero-order valence-electron chi connectivity index (χ0n) is 16.3. The van der Waals surface area contributed by atoms with Crippen LogP contribution >= 0.6 is 23.2 Å². The summed E-state index contributed by atoms with van der Waals surface area (Å²) in [6.45, 7) is 0. The Morgan fingerprint density at radius 2 is 1.77 bits per heavy atom. The lowest BCUT2D eigenvalue weighted by Gasteiger charge is -2.50. The summed E-state index contributed by atoms with van der Waals surface area (Å²) in [5.74, 6) is -6.16. The predicted molar refractivity (Wildman–Crippen MR) is 107 cm³/mol. The minimum absolute atomic E-state index is 0.0619. The van der Waals surface area contributed by atoms with E-state index in [4.69, 9.17) is 23.2 Å². The van der Waals surface area contributed by atoms with Crippen molar-refractivity contribution in [3.63, 3.8) is 0 Å². The molecule has 0 bridgehead atoms. The number of likely N-dealkylation sites (tertiary alicyclic amines) is 1. The van der Waals surface area contributed by atoms with E-state index in [1.807, 2.05) is 0 Å². The number of imide groups is 2. The average Bonchev–Trinajstić information content (AvgIpc) is 3.03. The summed E-state index contributed by atoms with van der Waals surface area (Å²) >= 11 is 13.8. The smallest absolute Gasteiger partial charge is 0.257 e. The van der Waals surface area contributed by atoms with Crippen LogP contribution in [0.4, 0.5) is 0 Å². The lowest BCUT2D eigenvalue weighted by Crippen LogP contribution is -2.60. The van der Waals surface area contributed by atoms with Gasteiger partial charge in [-0.05, 0) is 36.5 Å². The molecule has 6 unspecified atom stereocenters. The van der Waals surface area contributed by atoms with Crippen LogP contribution in [0.1, 0.15) is 24.3 Å². The number of hydrogen-bond acceptors (Lipinski definition) is 6. The summed E-state index contributed by atoms with van der Waals surface area (Å²) < 4.78 is 0. The molecular weight excluding hydrogens is 447 g/mol. The summed E-state index contributed by atoms with van der Waals surface area (Å²) in [6, 6.07) is 6.15. The van der Waals surface area contributed by atoms with Crippen molar-refractivity contribution in [2.75, 3.05) is 7.05 Å². The summed E-state index contributed by atoms with van der Waals surface area (Å²) in [6.07, 6.45) is 1.79. The van der Waals surface area contributed by atoms with Gasteiger partial charge < -0.3 is 5.11 Å². The fourth-order valence-electron chi connectivity index (χ4n) is 5.81. The molecule has 1 saturated carbocycles. The van der Waals surface area contributed by atoms with E-state index in [0.29, 0.717) is 11.1 Å². The van der Waals surface area contributed by atoms with Crippen molar-refractivity contribution in [1.82, 2.24) is 9.96 Å². The lowest BCUT2D eigenvalue weighted by atomic mass is 9.56. The molecule has 5 rings (SSSR count). The van der Waals surface area contributed by atoms with Gasteiger partial charge in [0, 0.05) is 13.0 Å². The van der Waals surface area contributed by atoms with Gasteiger partial charge in [0.2, 0.25) is 0 Å². The summed E-state index contributed by atoms with van der Waals surface area (Å²) in [5, 5.41) is 20.1. The quantitative estimate of drug-likeness (QED) is 0.283. The predicted octanol–water partition coefficient (Wildman–Crippen LogP) is 1.77.